The SMILES string of the molecule is COc1ccc(C=NNC(=O)c2cc(Br)ccc2OC)cc1OC(=O)c1ccccc1. The predicted octanol–water partition coefficient (Wildman–Crippen LogP) is 4.45. The quantitative estimate of drug-likeness (QED) is 0.232. The van der Waals surface area contributed by atoms with E-state index in [4.69, 9.17) is 14.2 Å². The molecule has 31 heavy (non-hydrogen) atoms. The Hall–Kier alpha value is -3.65. The van der Waals surface area contributed by atoms with Gasteiger partial charge in [0.15, 0.2) is 11.5 Å². The summed E-state index contributed by atoms with van der Waals surface area (Å²) in [5.41, 5.74) is 3.80. The molecule has 0 atom stereocenters. The van der Waals surface area contributed by atoms with Crippen LogP contribution in [-0.2, 0) is 0 Å². The summed E-state index contributed by atoms with van der Waals surface area (Å²) < 4.78 is 16.7. The molecular weight excluding hydrogens is 464 g/mol. The maximum absolute atomic E-state index is 12.4. The first-order valence-electron chi connectivity index (χ1n) is 9.14. The van der Waals surface area contributed by atoms with E-state index in [1.807, 2.05) is 6.07 Å². The van der Waals surface area contributed by atoms with Crippen LogP contribution in [0.5, 0.6) is 17.2 Å². The molecule has 0 saturated heterocycles. The highest BCUT2D eigenvalue weighted by molar-refractivity contribution is 9.10. The first-order valence-corrected chi connectivity index (χ1v) is 9.93. The Morgan fingerprint density at radius 1 is 0.903 bits per heavy atom. The molecule has 1 N–H and O–H groups in total. The standard InChI is InChI=1S/C23H19BrN2O5/c1-29-19-11-9-17(24)13-18(19)22(27)26-25-14-15-8-10-20(30-2)21(12-15)31-23(28)16-6-4-3-5-7-16/h3-14H,1-2H3,(H,26,27). The van der Waals surface area contributed by atoms with Gasteiger partial charge in [0, 0.05) is 4.47 Å². The van der Waals surface area contributed by atoms with Gasteiger partial charge in [0.05, 0.1) is 31.6 Å². The van der Waals surface area contributed by atoms with Crippen LogP contribution in [0, 0.1) is 0 Å². The molecular formula is C23H19BrN2O5. The van der Waals surface area contributed by atoms with Gasteiger partial charge in [0.2, 0.25) is 0 Å². The summed E-state index contributed by atoms with van der Waals surface area (Å²) in [6, 6.07) is 18.7. The number of carbonyl (C=O) groups excluding carboxylic acids is 2. The third kappa shape index (κ3) is 5.70. The molecule has 0 aliphatic heterocycles. The number of methoxy groups -OCH3 is 2. The van der Waals surface area contributed by atoms with Crippen LogP contribution in [0.25, 0.3) is 0 Å². The molecule has 7 nitrogen and oxygen atoms in total. The van der Waals surface area contributed by atoms with Crippen molar-refractivity contribution in [1.29, 1.82) is 0 Å². The van der Waals surface area contributed by atoms with Crippen LogP contribution < -0.4 is 19.6 Å². The molecule has 1 amide bonds. The van der Waals surface area contributed by atoms with Crippen LogP contribution in [0.15, 0.2) is 76.3 Å². The number of rotatable bonds is 7. The second-order valence-corrected chi connectivity index (χ2v) is 7.13. The van der Waals surface area contributed by atoms with E-state index in [0.29, 0.717) is 28.2 Å². The summed E-state index contributed by atoms with van der Waals surface area (Å²) in [6.45, 7) is 0. The number of carbonyl (C=O) groups is 2. The largest absolute Gasteiger partial charge is 0.496 e. The molecule has 0 spiro atoms. The van der Waals surface area contributed by atoms with Gasteiger partial charge >= 0.3 is 5.97 Å². The number of nitrogens with one attached hydrogen (secondary N) is 1. The molecule has 158 valence electrons. The van der Waals surface area contributed by atoms with Crippen molar-refractivity contribution in [2.75, 3.05) is 14.2 Å². The summed E-state index contributed by atoms with van der Waals surface area (Å²) in [6.07, 6.45) is 1.43. The molecule has 0 saturated carbocycles. The van der Waals surface area contributed by atoms with Crippen LogP contribution >= 0.6 is 15.9 Å². The molecule has 3 aromatic rings. The third-order valence-electron chi connectivity index (χ3n) is 4.19. The molecule has 0 aliphatic rings. The number of benzene rings is 3. The Balaban J connectivity index is 1.74. The van der Waals surface area contributed by atoms with E-state index in [0.717, 1.165) is 4.47 Å². The Morgan fingerprint density at radius 3 is 2.32 bits per heavy atom. The Labute approximate surface area is 187 Å². The Morgan fingerprint density at radius 2 is 1.61 bits per heavy atom. The van der Waals surface area contributed by atoms with Crippen LogP contribution in [0.4, 0.5) is 0 Å². The van der Waals surface area contributed by atoms with Crippen molar-refractivity contribution in [2.45, 2.75) is 0 Å². The number of hydrogen-bond acceptors (Lipinski definition) is 6. The van der Waals surface area contributed by atoms with Gasteiger partial charge in [-0.05, 0) is 54.1 Å². The van der Waals surface area contributed by atoms with E-state index in [-0.39, 0.29) is 5.75 Å². The summed E-state index contributed by atoms with van der Waals surface area (Å²) in [5, 5.41) is 3.98. The molecule has 8 heteroatoms. The van der Waals surface area contributed by atoms with Gasteiger partial charge in [0.25, 0.3) is 5.91 Å². The van der Waals surface area contributed by atoms with E-state index < -0.39 is 11.9 Å². The van der Waals surface area contributed by atoms with E-state index in [2.05, 4.69) is 26.5 Å². The highest BCUT2D eigenvalue weighted by Crippen LogP contribution is 2.28. The molecule has 0 bridgehead atoms. The third-order valence-corrected chi connectivity index (χ3v) is 4.68. The summed E-state index contributed by atoms with van der Waals surface area (Å²) >= 11 is 3.33. The average molecular weight is 483 g/mol. The van der Waals surface area contributed by atoms with Gasteiger partial charge in [-0.1, -0.05) is 34.1 Å². The van der Waals surface area contributed by atoms with Crippen molar-refractivity contribution in [3.05, 3.63) is 87.9 Å². The van der Waals surface area contributed by atoms with Crippen LogP contribution in [0.2, 0.25) is 0 Å². The van der Waals surface area contributed by atoms with Crippen LogP contribution in [-0.4, -0.2) is 32.3 Å². The van der Waals surface area contributed by atoms with Crippen molar-refractivity contribution in [3.63, 3.8) is 0 Å². The van der Waals surface area contributed by atoms with Crippen molar-refractivity contribution in [2.24, 2.45) is 5.10 Å². The molecule has 0 heterocycles. The second kappa shape index (κ2) is 10.4. The monoisotopic (exact) mass is 482 g/mol. The topological polar surface area (TPSA) is 86.2 Å². The maximum atomic E-state index is 12.4. The molecule has 0 aromatic heterocycles. The number of amides is 1. The van der Waals surface area contributed by atoms with Crippen LogP contribution in [0.3, 0.4) is 0 Å². The number of nitrogens with zero attached hydrogens (tertiary/aromatic N) is 1. The highest BCUT2D eigenvalue weighted by Gasteiger charge is 2.14. The fourth-order valence-electron chi connectivity index (χ4n) is 2.67. The Bertz CT molecular complexity index is 1120. The lowest BCUT2D eigenvalue weighted by molar-refractivity contribution is 0.0729. The van der Waals surface area contributed by atoms with Crippen molar-refractivity contribution in [3.8, 4) is 17.2 Å². The Kier molecular flexibility index (Phi) is 7.40. The number of hydrogen-bond donors (Lipinski definition) is 1. The minimum atomic E-state index is -0.511. The van der Waals surface area contributed by atoms with E-state index in [1.165, 1.54) is 20.4 Å². The van der Waals surface area contributed by atoms with Crippen LogP contribution in [0.1, 0.15) is 26.3 Å². The molecule has 0 aliphatic carbocycles. The smallest absolute Gasteiger partial charge is 0.343 e. The van der Waals surface area contributed by atoms with Gasteiger partial charge in [0.1, 0.15) is 5.75 Å². The lowest BCUT2D eigenvalue weighted by atomic mass is 10.2. The molecule has 0 unspecified atom stereocenters. The lowest BCUT2D eigenvalue weighted by Crippen LogP contribution is -2.18. The zero-order chi connectivity index (χ0) is 22.2. The highest BCUT2D eigenvalue weighted by atomic mass is 79.9. The zero-order valence-corrected chi connectivity index (χ0v) is 18.4. The van der Waals surface area contributed by atoms with Gasteiger partial charge in [-0.2, -0.15) is 5.10 Å². The summed E-state index contributed by atoms with van der Waals surface area (Å²) in [7, 11) is 2.97. The van der Waals surface area contributed by atoms with E-state index >= 15 is 0 Å². The summed E-state index contributed by atoms with van der Waals surface area (Å²) in [4.78, 5) is 24.8. The zero-order valence-electron chi connectivity index (χ0n) is 16.8. The van der Waals surface area contributed by atoms with Gasteiger partial charge in [-0.15, -0.1) is 0 Å². The predicted molar refractivity (Wildman–Crippen MR) is 120 cm³/mol. The molecule has 0 fully saturated rings. The van der Waals surface area contributed by atoms with Gasteiger partial charge in [-0.25, -0.2) is 10.2 Å². The first-order chi connectivity index (χ1) is 15.0. The number of halogens is 1. The minimum absolute atomic E-state index is 0.236. The summed E-state index contributed by atoms with van der Waals surface area (Å²) in [5.74, 6) is 0.113. The second-order valence-electron chi connectivity index (χ2n) is 6.21. The average Bonchev–Trinajstić information content (AvgIpc) is 2.79. The van der Waals surface area contributed by atoms with E-state index in [9.17, 15) is 9.59 Å². The van der Waals surface area contributed by atoms with Crippen molar-refractivity contribution < 1.29 is 23.8 Å². The van der Waals surface area contributed by atoms with Gasteiger partial charge < -0.3 is 14.2 Å². The van der Waals surface area contributed by atoms with Gasteiger partial charge in [-0.3, -0.25) is 4.79 Å². The lowest BCUT2D eigenvalue weighted by Gasteiger charge is -2.10. The maximum Gasteiger partial charge on any atom is 0.343 e. The molecule has 3 aromatic carbocycles. The van der Waals surface area contributed by atoms with Crippen molar-refractivity contribution in [1.82, 2.24) is 5.43 Å². The number of ether oxygens (including phenoxy) is 3. The number of hydrazone groups is 1. The molecule has 3 rings (SSSR count). The molecule has 0 radical (unpaired) electrons. The normalized spacial score (nSPS) is 10.5. The number of esters is 1. The fourth-order valence-corrected chi connectivity index (χ4v) is 3.03. The van der Waals surface area contributed by atoms with Crippen molar-refractivity contribution >= 4 is 34.0 Å². The fraction of sp³-hybridized carbons (Fsp3) is 0.0870. The minimum Gasteiger partial charge on any atom is -0.496 e. The van der Waals surface area contributed by atoms with E-state index in [1.54, 1.807) is 60.7 Å². The first kappa shape index (κ1) is 22.0.